The molecular weight excluding hydrogens is 421 g/mol. The van der Waals surface area contributed by atoms with Crippen LogP contribution in [0.3, 0.4) is 0 Å². The molecule has 0 aliphatic heterocycles. The Labute approximate surface area is 183 Å². The van der Waals surface area contributed by atoms with E-state index in [1.165, 1.54) is 19.2 Å². The van der Waals surface area contributed by atoms with Crippen molar-refractivity contribution in [3.8, 4) is 5.75 Å². The monoisotopic (exact) mass is 442 g/mol. The van der Waals surface area contributed by atoms with Gasteiger partial charge in [-0.3, -0.25) is 9.59 Å². The van der Waals surface area contributed by atoms with Gasteiger partial charge in [0.2, 0.25) is 5.91 Å². The number of amides is 2. The maximum Gasteiger partial charge on any atom is 0.573 e. The molecule has 2 amide bonds. The van der Waals surface area contributed by atoms with Crippen LogP contribution in [-0.2, 0) is 4.79 Å². The number of ether oxygens (including phenoxy) is 1. The summed E-state index contributed by atoms with van der Waals surface area (Å²) in [6.07, 6.45) is -4.83. The van der Waals surface area contributed by atoms with Crippen molar-refractivity contribution in [3.05, 3.63) is 102 Å². The average molecular weight is 442 g/mol. The third kappa shape index (κ3) is 5.87. The quantitative estimate of drug-likeness (QED) is 0.575. The number of halogens is 3. The minimum absolute atomic E-state index is 0.0910. The van der Waals surface area contributed by atoms with E-state index in [1.807, 2.05) is 60.7 Å². The molecule has 3 rings (SSSR count). The van der Waals surface area contributed by atoms with E-state index in [2.05, 4.69) is 15.4 Å². The minimum atomic E-state index is -4.83. The topological polar surface area (TPSA) is 67.4 Å². The molecule has 8 heteroatoms. The van der Waals surface area contributed by atoms with Gasteiger partial charge in [-0.05, 0) is 35.4 Å². The van der Waals surface area contributed by atoms with Crippen molar-refractivity contribution in [1.82, 2.24) is 10.6 Å². The molecule has 0 saturated heterocycles. The molecule has 0 aliphatic rings. The van der Waals surface area contributed by atoms with Gasteiger partial charge in [-0.25, -0.2) is 0 Å². The Morgan fingerprint density at radius 3 is 1.75 bits per heavy atom. The number of alkyl halides is 3. The normalized spacial score (nSPS) is 12.2. The number of rotatable bonds is 7. The molecule has 0 bridgehead atoms. The largest absolute Gasteiger partial charge is 0.573 e. The lowest BCUT2D eigenvalue weighted by atomic mass is 9.84. The second kappa shape index (κ2) is 10.00. The van der Waals surface area contributed by atoms with Crippen LogP contribution in [0, 0.1) is 0 Å². The van der Waals surface area contributed by atoms with Gasteiger partial charge >= 0.3 is 6.36 Å². The van der Waals surface area contributed by atoms with Crippen LogP contribution in [0.2, 0.25) is 0 Å². The van der Waals surface area contributed by atoms with E-state index in [0.29, 0.717) is 0 Å². The van der Waals surface area contributed by atoms with Crippen LogP contribution in [0.1, 0.15) is 27.4 Å². The van der Waals surface area contributed by atoms with E-state index in [0.717, 1.165) is 23.3 Å². The van der Waals surface area contributed by atoms with E-state index in [9.17, 15) is 22.8 Å². The first-order valence-electron chi connectivity index (χ1n) is 9.76. The first-order valence-corrected chi connectivity index (χ1v) is 9.76. The van der Waals surface area contributed by atoms with Crippen LogP contribution in [0.15, 0.2) is 84.9 Å². The molecule has 166 valence electrons. The molecule has 0 heterocycles. The molecular formula is C24H21F3N2O3. The molecule has 1 unspecified atom stereocenters. The Bertz CT molecular complexity index is 1000. The molecule has 0 fully saturated rings. The maximum atomic E-state index is 12.9. The Morgan fingerprint density at radius 2 is 1.31 bits per heavy atom. The van der Waals surface area contributed by atoms with Crippen molar-refractivity contribution < 1.29 is 27.5 Å². The second-order valence-corrected chi connectivity index (χ2v) is 6.94. The maximum absolute atomic E-state index is 12.9. The highest BCUT2D eigenvalue weighted by Crippen LogP contribution is 2.29. The zero-order valence-electron chi connectivity index (χ0n) is 17.1. The minimum Gasteiger partial charge on any atom is -0.406 e. The van der Waals surface area contributed by atoms with Crippen molar-refractivity contribution >= 4 is 11.8 Å². The van der Waals surface area contributed by atoms with Crippen LogP contribution in [-0.4, -0.2) is 31.3 Å². The summed E-state index contributed by atoms with van der Waals surface area (Å²) in [5.74, 6) is -1.94. The van der Waals surface area contributed by atoms with E-state index < -0.39 is 35.9 Å². The summed E-state index contributed by atoms with van der Waals surface area (Å²) >= 11 is 0. The molecule has 0 aromatic heterocycles. The summed E-state index contributed by atoms with van der Waals surface area (Å²) in [6.45, 7) is 0. The van der Waals surface area contributed by atoms with Gasteiger partial charge in [-0.2, -0.15) is 0 Å². The van der Waals surface area contributed by atoms with Crippen molar-refractivity contribution in [1.29, 1.82) is 0 Å². The summed E-state index contributed by atoms with van der Waals surface area (Å²) in [5.41, 5.74) is 1.73. The van der Waals surface area contributed by atoms with Gasteiger partial charge in [-0.15, -0.1) is 13.2 Å². The lowest BCUT2D eigenvalue weighted by molar-refractivity contribution is -0.274. The number of hydrogen-bond donors (Lipinski definition) is 2. The van der Waals surface area contributed by atoms with Crippen molar-refractivity contribution in [2.45, 2.75) is 18.3 Å². The van der Waals surface area contributed by atoms with Gasteiger partial charge < -0.3 is 15.4 Å². The first-order chi connectivity index (χ1) is 15.3. The molecule has 3 aromatic carbocycles. The zero-order valence-corrected chi connectivity index (χ0v) is 17.1. The molecule has 1 atom stereocenters. The highest BCUT2D eigenvalue weighted by molar-refractivity contribution is 5.98. The first kappa shape index (κ1) is 22.9. The van der Waals surface area contributed by atoms with Crippen LogP contribution in [0.4, 0.5) is 13.2 Å². The summed E-state index contributed by atoms with van der Waals surface area (Å²) < 4.78 is 40.9. The number of hydrogen-bond acceptors (Lipinski definition) is 3. The predicted molar refractivity (Wildman–Crippen MR) is 113 cm³/mol. The molecule has 0 spiro atoms. The van der Waals surface area contributed by atoms with Crippen LogP contribution in [0.25, 0.3) is 0 Å². The molecule has 3 aromatic rings. The number of carbonyl (C=O) groups excluding carboxylic acids is 2. The fourth-order valence-electron chi connectivity index (χ4n) is 3.39. The van der Waals surface area contributed by atoms with Crippen molar-refractivity contribution in [2.24, 2.45) is 0 Å². The SMILES string of the molecule is CNC(=O)C(NC(=O)c1ccc(OC(F)(F)F)cc1)C(c1ccccc1)c1ccccc1. The number of carbonyl (C=O) groups is 2. The standard InChI is InChI=1S/C24H21F3N2O3/c1-28-23(31)21(20(16-8-4-2-5-9-16)17-10-6-3-7-11-17)29-22(30)18-12-14-19(15-13-18)32-24(25,26)27/h2-15,20-21H,1H3,(H,28,31)(H,29,30). The zero-order chi connectivity index (χ0) is 23.1. The van der Waals surface area contributed by atoms with Gasteiger partial charge in [0, 0.05) is 18.5 Å². The predicted octanol–water partition coefficient (Wildman–Crippen LogP) is 4.26. The lowest BCUT2D eigenvalue weighted by Gasteiger charge is -2.28. The van der Waals surface area contributed by atoms with Gasteiger partial charge in [0.15, 0.2) is 0 Å². The van der Waals surface area contributed by atoms with E-state index >= 15 is 0 Å². The third-order valence-electron chi connectivity index (χ3n) is 4.82. The van der Waals surface area contributed by atoms with E-state index in [4.69, 9.17) is 0 Å². The van der Waals surface area contributed by atoms with Crippen molar-refractivity contribution in [2.75, 3.05) is 7.05 Å². The van der Waals surface area contributed by atoms with Gasteiger partial charge in [0.1, 0.15) is 11.8 Å². The molecule has 2 N–H and O–H groups in total. The molecule has 0 radical (unpaired) electrons. The van der Waals surface area contributed by atoms with E-state index in [-0.39, 0.29) is 5.56 Å². The van der Waals surface area contributed by atoms with Gasteiger partial charge in [0.05, 0.1) is 0 Å². The van der Waals surface area contributed by atoms with Crippen molar-refractivity contribution in [3.63, 3.8) is 0 Å². The Morgan fingerprint density at radius 1 is 0.812 bits per heavy atom. The van der Waals surface area contributed by atoms with Crippen LogP contribution in [0.5, 0.6) is 5.75 Å². The highest BCUT2D eigenvalue weighted by Gasteiger charge is 2.33. The lowest BCUT2D eigenvalue weighted by Crippen LogP contribution is -2.49. The summed E-state index contributed by atoms with van der Waals surface area (Å²) in [5, 5.41) is 5.31. The Kier molecular flexibility index (Phi) is 7.14. The number of nitrogens with one attached hydrogen (secondary N) is 2. The van der Waals surface area contributed by atoms with Crippen LogP contribution >= 0.6 is 0 Å². The summed E-state index contributed by atoms with van der Waals surface area (Å²) in [6, 6.07) is 22.1. The molecule has 32 heavy (non-hydrogen) atoms. The summed E-state index contributed by atoms with van der Waals surface area (Å²) in [4.78, 5) is 25.7. The second-order valence-electron chi connectivity index (χ2n) is 6.94. The molecule has 0 saturated carbocycles. The fourth-order valence-corrected chi connectivity index (χ4v) is 3.39. The Balaban J connectivity index is 1.91. The van der Waals surface area contributed by atoms with Gasteiger partial charge in [0.25, 0.3) is 5.91 Å². The average Bonchev–Trinajstić information content (AvgIpc) is 2.79. The Hall–Kier alpha value is -3.81. The molecule has 0 aliphatic carbocycles. The smallest absolute Gasteiger partial charge is 0.406 e. The van der Waals surface area contributed by atoms with E-state index in [1.54, 1.807) is 0 Å². The fraction of sp³-hybridized carbons (Fsp3) is 0.167. The summed E-state index contributed by atoms with van der Waals surface area (Å²) in [7, 11) is 1.47. The van der Waals surface area contributed by atoms with Crippen LogP contribution < -0.4 is 15.4 Å². The third-order valence-corrected chi connectivity index (χ3v) is 4.82. The highest BCUT2D eigenvalue weighted by atomic mass is 19.4. The molecule has 5 nitrogen and oxygen atoms in total. The number of benzene rings is 3. The van der Waals surface area contributed by atoms with Gasteiger partial charge in [-0.1, -0.05) is 60.7 Å². The number of likely N-dealkylation sites (N-methyl/N-ethyl adjacent to an activating group) is 1.